The highest BCUT2D eigenvalue weighted by Gasteiger charge is 2.24. The minimum atomic E-state index is -0.577. The van der Waals surface area contributed by atoms with Gasteiger partial charge < -0.3 is 5.32 Å². The van der Waals surface area contributed by atoms with Gasteiger partial charge in [0.15, 0.2) is 0 Å². The molecule has 1 aromatic carbocycles. The number of benzene rings is 1. The van der Waals surface area contributed by atoms with Gasteiger partial charge in [-0.25, -0.2) is 8.78 Å². The Morgan fingerprint density at radius 2 is 2.05 bits per heavy atom. The van der Waals surface area contributed by atoms with Crippen LogP contribution in [0.3, 0.4) is 0 Å². The largest absolute Gasteiger partial charge is 0.306 e. The maximum atomic E-state index is 14.4. The summed E-state index contributed by atoms with van der Waals surface area (Å²) >= 11 is 3.12. The molecule has 1 unspecified atom stereocenters. The van der Waals surface area contributed by atoms with Crippen molar-refractivity contribution in [2.75, 3.05) is 6.54 Å². The minimum absolute atomic E-state index is 0.0222. The minimum Gasteiger partial charge on any atom is -0.306 e. The van der Waals surface area contributed by atoms with Crippen LogP contribution in [0.5, 0.6) is 0 Å². The zero-order valence-electron chi connectivity index (χ0n) is 12.0. The Labute approximate surface area is 131 Å². The smallest absolute Gasteiger partial charge is 0.145 e. The van der Waals surface area contributed by atoms with Gasteiger partial charge in [0.05, 0.1) is 10.5 Å². The summed E-state index contributed by atoms with van der Waals surface area (Å²) in [6.45, 7) is 4.50. The average Bonchev–Trinajstić information content (AvgIpc) is 2.47. The zero-order valence-corrected chi connectivity index (χ0v) is 13.5. The fourth-order valence-corrected chi connectivity index (χ4v) is 2.61. The monoisotopic (exact) mass is 354 g/mol. The van der Waals surface area contributed by atoms with E-state index in [1.165, 1.54) is 12.1 Å². The van der Waals surface area contributed by atoms with Crippen LogP contribution in [0.25, 0.3) is 0 Å². The third kappa shape index (κ3) is 3.47. The molecule has 1 atom stereocenters. The summed E-state index contributed by atoms with van der Waals surface area (Å²) in [5, 5.41) is 3.21. The lowest BCUT2D eigenvalue weighted by Gasteiger charge is -2.22. The van der Waals surface area contributed by atoms with E-state index in [9.17, 15) is 8.78 Å². The van der Waals surface area contributed by atoms with Crippen molar-refractivity contribution in [3.63, 3.8) is 0 Å². The molecule has 0 aliphatic carbocycles. The summed E-state index contributed by atoms with van der Waals surface area (Å²) in [4.78, 5) is 4.22. The number of hydrogen-bond acceptors (Lipinski definition) is 2. The molecule has 2 nitrogen and oxygen atoms in total. The molecule has 112 valence electrons. The van der Waals surface area contributed by atoms with E-state index < -0.39 is 17.7 Å². The van der Waals surface area contributed by atoms with Crippen molar-refractivity contribution < 1.29 is 8.78 Å². The highest BCUT2D eigenvalue weighted by Crippen LogP contribution is 2.31. The summed E-state index contributed by atoms with van der Waals surface area (Å²) in [5.74, 6) is -1.14. The van der Waals surface area contributed by atoms with Gasteiger partial charge in [-0.15, -0.1) is 0 Å². The summed E-state index contributed by atoms with van der Waals surface area (Å²) in [6, 6.07) is 5.71. The average molecular weight is 355 g/mol. The first-order valence-corrected chi connectivity index (χ1v) is 7.63. The molecule has 0 bridgehead atoms. The fraction of sp³-hybridized carbons (Fsp3) is 0.312. The van der Waals surface area contributed by atoms with Gasteiger partial charge >= 0.3 is 0 Å². The van der Waals surface area contributed by atoms with E-state index in [1.54, 1.807) is 12.3 Å². The molecular weight excluding hydrogens is 338 g/mol. The van der Waals surface area contributed by atoms with Crippen molar-refractivity contribution in [3.05, 3.63) is 63.4 Å². The molecule has 0 aliphatic heterocycles. The van der Waals surface area contributed by atoms with E-state index in [1.807, 2.05) is 19.9 Å². The number of aryl methyl sites for hydroxylation is 1. The van der Waals surface area contributed by atoms with Gasteiger partial charge in [0.1, 0.15) is 11.6 Å². The standard InChI is InChI=1S/C16H17BrF2N2/c1-3-8-21-16(11-5-4-9-20-10(11)2)14-13(18)7-6-12(17)15(14)19/h4-7,9,16,21H,3,8H2,1-2H3. The molecule has 0 spiro atoms. The van der Waals surface area contributed by atoms with Crippen molar-refractivity contribution in [1.82, 2.24) is 10.3 Å². The van der Waals surface area contributed by atoms with Crippen LogP contribution in [-0.4, -0.2) is 11.5 Å². The van der Waals surface area contributed by atoms with Crippen LogP contribution < -0.4 is 5.32 Å². The van der Waals surface area contributed by atoms with Crippen LogP contribution in [0.2, 0.25) is 0 Å². The van der Waals surface area contributed by atoms with Crippen molar-refractivity contribution in [1.29, 1.82) is 0 Å². The first-order chi connectivity index (χ1) is 10.1. The van der Waals surface area contributed by atoms with Crippen molar-refractivity contribution in [2.45, 2.75) is 26.3 Å². The Morgan fingerprint density at radius 3 is 2.71 bits per heavy atom. The molecule has 1 N–H and O–H groups in total. The van der Waals surface area contributed by atoms with Gasteiger partial charge in [-0.05, 0) is 59.6 Å². The molecule has 0 saturated heterocycles. The molecule has 2 aromatic rings. The summed E-state index contributed by atoms with van der Waals surface area (Å²) in [5.41, 5.74) is 1.56. The van der Waals surface area contributed by atoms with E-state index in [-0.39, 0.29) is 10.0 Å². The van der Waals surface area contributed by atoms with Gasteiger partial charge in [0, 0.05) is 17.5 Å². The molecule has 1 aromatic heterocycles. The third-order valence-corrected chi connectivity index (χ3v) is 3.94. The predicted molar refractivity (Wildman–Crippen MR) is 83.2 cm³/mol. The van der Waals surface area contributed by atoms with Crippen LogP contribution in [0.4, 0.5) is 8.78 Å². The maximum Gasteiger partial charge on any atom is 0.145 e. The Morgan fingerprint density at radius 1 is 1.29 bits per heavy atom. The third-order valence-electron chi connectivity index (χ3n) is 3.33. The Bertz CT molecular complexity index is 632. The van der Waals surface area contributed by atoms with Gasteiger partial charge in [0.25, 0.3) is 0 Å². The normalized spacial score (nSPS) is 12.4. The van der Waals surface area contributed by atoms with Gasteiger partial charge in [0.2, 0.25) is 0 Å². The molecule has 21 heavy (non-hydrogen) atoms. The summed E-state index contributed by atoms with van der Waals surface area (Å²) in [7, 11) is 0. The molecule has 2 rings (SSSR count). The zero-order chi connectivity index (χ0) is 15.4. The quantitative estimate of drug-likeness (QED) is 0.798. The van der Waals surface area contributed by atoms with Crippen molar-refractivity contribution in [3.8, 4) is 0 Å². The summed E-state index contributed by atoms with van der Waals surface area (Å²) < 4.78 is 28.9. The number of pyridine rings is 1. The molecule has 5 heteroatoms. The number of hydrogen-bond donors (Lipinski definition) is 1. The molecule has 0 amide bonds. The van der Waals surface area contributed by atoms with Gasteiger partial charge in [-0.2, -0.15) is 0 Å². The lowest BCUT2D eigenvalue weighted by molar-refractivity contribution is 0.498. The number of halogens is 3. The number of rotatable bonds is 5. The van der Waals surface area contributed by atoms with E-state index in [4.69, 9.17) is 0 Å². The Kier molecular flexibility index (Phi) is 5.42. The highest BCUT2D eigenvalue weighted by atomic mass is 79.9. The van der Waals surface area contributed by atoms with Crippen LogP contribution in [0.1, 0.15) is 36.2 Å². The Hall–Kier alpha value is -1.33. The van der Waals surface area contributed by atoms with Crippen LogP contribution in [0.15, 0.2) is 34.9 Å². The second-order valence-corrected chi connectivity index (χ2v) is 5.68. The molecular formula is C16H17BrF2N2. The molecule has 0 aliphatic rings. The number of nitrogens with zero attached hydrogens (tertiary/aromatic N) is 1. The predicted octanol–water partition coefficient (Wildman–Crippen LogP) is 4.52. The summed E-state index contributed by atoms with van der Waals surface area (Å²) in [6.07, 6.45) is 2.54. The second kappa shape index (κ2) is 7.09. The lowest BCUT2D eigenvalue weighted by atomic mass is 9.96. The molecule has 1 heterocycles. The molecule has 0 radical (unpaired) electrons. The topological polar surface area (TPSA) is 24.9 Å². The van der Waals surface area contributed by atoms with E-state index in [0.29, 0.717) is 6.54 Å². The van der Waals surface area contributed by atoms with Gasteiger partial charge in [-0.3, -0.25) is 4.98 Å². The number of nitrogens with one attached hydrogen (secondary N) is 1. The maximum absolute atomic E-state index is 14.4. The van der Waals surface area contributed by atoms with Gasteiger partial charge in [-0.1, -0.05) is 13.0 Å². The van der Waals surface area contributed by atoms with Crippen molar-refractivity contribution in [2.24, 2.45) is 0 Å². The SMILES string of the molecule is CCCNC(c1cccnc1C)c1c(F)ccc(Br)c1F. The first kappa shape index (κ1) is 16.0. The van der Waals surface area contributed by atoms with E-state index >= 15 is 0 Å². The van der Waals surface area contributed by atoms with E-state index in [2.05, 4.69) is 26.2 Å². The fourth-order valence-electron chi connectivity index (χ4n) is 2.27. The Balaban J connectivity index is 2.56. The molecule has 0 saturated carbocycles. The second-order valence-electron chi connectivity index (χ2n) is 4.82. The number of aromatic nitrogens is 1. The van der Waals surface area contributed by atoms with Crippen LogP contribution in [-0.2, 0) is 0 Å². The van der Waals surface area contributed by atoms with Crippen molar-refractivity contribution >= 4 is 15.9 Å². The van der Waals surface area contributed by atoms with Crippen LogP contribution >= 0.6 is 15.9 Å². The first-order valence-electron chi connectivity index (χ1n) is 6.84. The van der Waals surface area contributed by atoms with Crippen LogP contribution in [0, 0.1) is 18.6 Å². The highest BCUT2D eigenvalue weighted by molar-refractivity contribution is 9.10. The molecule has 0 fully saturated rings. The lowest BCUT2D eigenvalue weighted by Crippen LogP contribution is -2.26. The van der Waals surface area contributed by atoms with E-state index in [0.717, 1.165) is 17.7 Å².